The number of benzene rings is 4. The van der Waals surface area contributed by atoms with Gasteiger partial charge in [0.2, 0.25) is 0 Å². The lowest BCUT2D eigenvalue weighted by Gasteiger charge is -2.28. The minimum absolute atomic E-state index is 0.183. The summed E-state index contributed by atoms with van der Waals surface area (Å²) in [6, 6.07) is 30.5. The van der Waals surface area contributed by atoms with Gasteiger partial charge in [0.1, 0.15) is 30.5 Å². The molecule has 0 aromatic heterocycles. The molecule has 2 atom stereocenters. The highest BCUT2D eigenvalue weighted by molar-refractivity contribution is 6.00. The zero-order chi connectivity index (χ0) is 34.4. The smallest absolute Gasteiger partial charge is 0.337 e. The van der Waals surface area contributed by atoms with Crippen LogP contribution in [0.3, 0.4) is 0 Å². The molecule has 9 heteroatoms. The van der Waals surface area contributed by atoms with Crippen molar-refractivity contribution in [3.63, 3.8) is 0 Å². The molecule has 1 aliphatic carbocycles. The Morgan fingerprint density at radius 2 is 1.37 bits per heavy atom. The summed E-state index contributed by atoms with van der Waals surface area (Å²) < 4.78 is 27.7. The molecule has 5 rings (SSSR count). The Hall–Kier alpha value is -5.31. The Labute approximate surface area is 287 Å². The second-order valence-corrected chi connectivity index (χ2v) is 12.1. The lowest BCUT2D eigenvalue weighted by molar-refractivity contribution is -0.146. The second kappa shape index (κ2) is 17.7. The van der Waals surface area contributed by atoms with Crippen LogP contribution in [0.2, 0.25) is 0 Å². The van der Waals surface area contributed by atoms with Gasteiger partial charge in [0.25, 0.3) is 5.91 Å². The summed E-state index contributed by atoms with van der Waals surface area (Å²) in [5, 5.41) is 3.03. The highest BCUT2D eigenvalue weighted by Crippen LogP contribution is 2.27. The first kappa shape index (κ1) is 35.0. The fraction of sp³-hybridized carbons (Fsp3) is 0.325. The molecule has 4 aromatic rings. The third-order valence-corrected chi connectivity index (χ3v) is 8.56. The molecule has 0 spiro atoms. The van der Waals surface area contributed by atoms with Gasteiger partial charge in [-0.1, -0.05) is 61.0 Å². The molecule has 0 radical (unpaired) electrons. The Morgan fingerprint density at radius 3 is 2.02 bits per heavy atom. The van der Waals surface area contributed by atoms with Gasteiger partial charge < -0.3 is 29.0 Å². The number of aryl methyl sites for hydroxylation is 1. The molecular formula is C40H43NO8. The maximum Gasteiger partial charge on any atom is 0.337 e. The fourth-order valence-corrected chi connectivity index (χ4v) is 5.84. The third-order valence-electron chi connectivity index (χ3n) is 8.56. The van der Waals surface area contributed by atoms with Crippen molar-refractivity contribution in [1.82, 2.24) is 5.32 Å². The molecule has 1 fully saturated rings. The zero-order valence-corrected chi connectivity index (χ0v) is 28.0. The molecule has 256 valence electrons. The van der Waals surface area contributed by atoms with Crippen molar-refractivity contribution in [3.05, 3.63) is 125 Å². The van der Waals surface area contributed by atoms with Crippen LogP contribution >= 0.6 is 0 Å². The monoisotopic (exact) mass is 665 g/mol. The zero-order valence-electron chi connectivity index (χ0n) is 28.0. The van der Waals surface area contributed by atoms with E-state index in [4.69, 9.17) is 23.7 Å². The van der Waals surface area contributed by atoms with Crippen molar-refractivity contribution in [3.8, 4) is 17.2 Å². The summed E-state index contributed by atoms with van der Waals surface area (Å²) in [4.78, 5) is 37.7. The maximum atomic E-state index is 13.4. The molecule has 4 aromatic carbocycles. The average Bonchev–Trinajstić information content (AvgIpc) is 3.15. The quantitative estimate of drug-likeness (QED) is 0.106. The van der Waals surface area contributed by atoms with E-state index < -0.39 is 5.97 Å². The topological polar surface area (TPSA) is 109 Å². The number of nitrogens with one attached hydrogen (secondary N) is 1. The number of carbonyl (C=O) groups is 3. The molecule has 1 saturated carbocycles. The first-order valence-electron chi connectivity index (χ1n) is 16.6. The standard InChI is InChI=1S/C40H43NO8/c1-45-39(43)31-11-6-12-33(24-31)41-38(42)36-25-32(40(44)46-2)17-22-37(36)47-23-7-10-28-13-18-34(19-14-28)49-27-30-15-20-35(21-16-30)48-26-29-8-4-3-5-9-29/h3-5,8-9,13-22,25,31,33H,6-7,10-12,23-24,26-27H2,1-2H3,(H,41,42). The van der Waals surface area contributed by atoms with E-state index in [9.17, 15) is 14.4 Å². The van der Waals surface area contributed by atoms with Gasteiger partial charge in [-0.2, -0.15) is 0 Å². The Balaban J connectivity index is 1.09. The van der Waals surface area contributed by atoms with Crippen LogP contribution in [-0.4, -0.2) is 44.7 Å². The van der Waals surface area contributed by atoms with E-state index in [1.807, 2.05) is 78.9 Å². The number of hydrogen-bond acceptors (Lipinski definition) is 8. The molecule has 0 bridgehead atoms. The maximum absolute atomic E-state index is 13.4. The summed E-state index contributed by atoms with van der Waals surface area (Å²) in [6.07, 6.45) is 4.29. The van der Waals surface area contributed by atoms with E-state index in [2.05, 4.69) is 5.32 Å². The summed E-state index contributed by atoms with van der Waals surface area (Å²) in [5.74, 6) is 0.563. The molecule has 2 unspecified atom stereocenters. The third kappa shape index (κ3) is 10.3. The van der Waals surface area contributed by atoms with Gasteiger partial charge in [0, 0.05) is 6.04 Å². The van der Waals surface area contributed by atoms with E-state index >= 15 is 0 Å². The minimum atomic E-state index is -0.543. The Kier molecular flexibility index (Phi) is 12.7. The summed E-state index contributed by atoms with van der Waals surface area (Å²) in [7, 11) is 2.67. The molecule has 0 aliphatic heterocycles. The molecular weight excluding hydrogens is 622 g/mol. The van der Waals surface area contributed by atoms with Crippen LogP contribution in [0.25, 0.3) is 0 Å². The van der Waals surface area contributed by atoms with Crippen LogP contribution in [-0.2, 0) is 33.9 Å². The van der Waals surface area contributed by atoms with Crippen molar-refractivity contribution in [2.45, 2.75) is 57.8 Å². The predicted octanol–water partition coefficient (Wildman–Crippen LogP) is 7.10. The highest BCUT2D eigenvalue weighted by Gasteiger charge is 2.29. The SMILES string of the molecule is COC(=O)c1ccc(OCCCc2ccc(OCc3ccc(OCc4ccccc4)cc3)cc2)c(C(=O)NC2CCCC(C(=O)OC)C2)c1. The first-order chi connectivity index (χ1) is 23.9. The van der Waals surface area contributed by atoms with E-state index in [-0.39, 0.29) is 35.0 Å². The number of rotatable bonds is 15. The van der Waals surface area contributed by atoms with Crippen LogP contribution < -0.4 is 19.5 Å². The summed E-state index contributed by atoms with van der Waals surface area (Å²) in [5.41, 5.74) is 3.80. The lowest BCUT2D eigenvalue weighted by atomic mass is 9.85. The lowest BCUT2D eigenvalue weighted by Crippen LogP contribution is -2.40. The number of esters is 2. The number of amides is 1. The molecule has 0 heterocycles. The summed E-state index contributed by atoms with van der Waals surface area (Å²) in [6.45, 7) is 1.34. The van der Waals surface area contributed by atoms with Crippen LogP contribution in [0.5, 0.6) is 17.2 Å². The van der Waals surface area contributed by atoms with E-state index in [0.29, 0.717) is 38.4 Å². The van der Waals surface area contributed by atoms with Gasteiger partial charge in [-0.25, -0.2) is 4.79 Å². The highest BCUT2D eigenvalue weighted by atomic mass is 16.5. The molecule has 1 amide bonds. The Bertz CT molecular complexity index is 1670. The van der Waals surface area contributed by atoms with Crippen LogP contribution in [0, 0.1) is 5.92 Å². The van der Waals surface area contributed by atoms with Crippen molar-refractivity contribution in [2.75, 3.05) is 20.8 Å². The van der Waals surface area contributed by atoms with Crippen molar-refractivity contribution in [1.29, 1.82) is 0 Å². The molecule has 9 nitrogen and oxygen atoms in total. The number of carbonyl (C=O) groups excluding carboxylic acids is 3. The van der Waals surface area contributed by atoms with Gasteiger partial charge >= 0.3 is 11.9 Å². The van der Waals surface area contributed by atoms with Crippen LogP contribution in [0.15, 0.2) is 97.1 Å². The Morgan fingerprint density at radius 1 is 0.714 bits per heavy atom. The van der Waals surface area contributed by atoms with Crippen molar-refractivity contribution >= 4 is 17.8 Å². The van der Waals surface area contributed by atoms with Crippen LogP contribution in [0.4, 0.5) is 0 Å². The average molecular weight is 666 g/mol. The van der Waals surface area contributed by atoms with Gasteiger partial charge in [0.15, 0.2) is 0 Å². The second-order valence-electron chi connectivity index (χ2n) is 12.1. The molecule has 49 heavy (non-hydrogen) atoms. The normalized spacial score (nSPS) is 15.5. The number of hydrogen-bond donors (Lipinski definition) is 1. The van der Waals surface area contributed by atoms with Gasteiger partial charge in [0.05, 0.1) is 37.9 Å². The predicted molar refractivity (Wildman–Crippen MR) is 185 cm³/mol. The van der Waals surface area contributed by atoms with Crippen LogP contribution in [0.1, 0.15) is 69.5 Å². The van der Waals surface area contributed by atoms with Crippen molar-refractivity contribution < 1.29 is 38.1 Å². The molecule has 1 aliphatic rings. The number of methoxy groups -OCH3 is 2. The van der Waals surface area contributed by atoms with E-state index in [0.717, 1.165) is 53.9 Å². The van der Waals surface area contributed by atoms with Gasteiger partial charge in [-0.15, -0.1) is 0 Å². The molecule has 0 saturated heterocycles. The van der Waals surface area contributed by atoms with E-state index in [1.54, 1.807) is 12.1 Å². The largest absolute Gasteiger partial charge is 0.493 e. The summed E-state index contributed by atoms with van der Waals surface area (Å²) >= 11 is 0. The first-order valence-corrected chi connectivity index (χ1v) is 16.6. The van der Waals surface area contributed by atoms with Gasteiger partial charge in [-0.3, -0.25) is 9.59 Å². The van der Waals surface area contributed by atoms with E-state index in [1.165, 1.54) is 20.3 Å². The van der Waals surface area contributed by atoms with Crippen molar-refractivity contribution in [2.24, 2.45) is 5.92 Å². The molecule has 1 N–H and O–H groups in total. The number of ether oxygens (including phenoxy) is 5. The minimum Gasteiger partial charge on any atom is -0.493 e. The fourth-order valence-electron chi connectivity index (χ4n) is 5.84. The van der Waals surface area contributed by atoms with Gasteiger partial charge in [-0.05, 0) is 91.3 Å².